The van der Waals surface area contributed by atoms with Crippen LogP contribution in [0.4, 0.5) is 11.4 Å². The molecule has 10 heteroatoms. The van der Waals surface area contributed by atoms with Crippen molar-refractivity contribution < 1.29 is 22.7 Å². The van der Waals surface area contributed by atoms with Crippen LogP contribution in [0, 0.1) is 0 Å². The Hall–Kier alpha value is -3.30. The summed E-state index contributed by atoms with van der Waals surface area (Å²) in [5.74, 6) is 0.0782. The van der Waals surface area contributed by atoms with E-state index in [1.54, 1.807) is 30.3 Å². The third kappa shape index (κ3) is 5.25. The van der Waals surface area contributed by atoms with Gasteiger partial charge in [-0.1, -0.05) is 29.8 Å². The summed E-state index contributed by atoms with van der Waals surface area (Å²) in [5.41, 5.74) is 0.497. The van der Waals surface area contributed by atoms with Crippen molar-refractivity contribution in [1.29, 1.82) is 0 Å². The predicted octanol–water partition coefficient (Wildman–Crippen LogP) is 3.59. The van der Waals surface area contributed by atoms with Crippen LogP contribution in [0.3, 0.4) is 0 Å². The minimum atomic E-state index is -4.11. The number of aromatic nitrogens is 1. The molecule has 0 fully saturated rings. The molecule has 0 aliphatic rings. The van der Waals surface area contributed by atoms with Gasteiger partial charge in [-0.3, -0.25) is 14.1 Å². The maximum Gasteiger partial charge on any atom is 0.264 e. The summed E-state index contributed by atoms with van der Waals surface area (Å²) in [4.78, 5) is 16.7. The molecule has 3 aromatic rings. The number of nitrogens with zero attached hydrogens (tertiary/aromatic N) is 2. The molecule has 8 nitrogen and oxygen atoms in total. The minimum absolute atomic E-state index is 0.0251. The van der Waals surface area contributed by atoms with E-state index in [1.807, 2.05) is 0 Å². The summed E-state index contributed by atoms with van der Waals surface area (Å²) in [6.45, 7) is -0.521. The monoisotopic (exact) mass is 461 g/mol. The van der Waals surface area contributed by atoms with Gasteiger partial charge in [-0.2, -0.15) is 0 Å². The second-order valence-corrected chi connectivity index (χ2v) is 8.60. The fourth-order valence-corrected chi connectivity index (χ4v) is 4.44. The van der Waals surface area contributed by atoms with Crippen LogP contribution in [0.15, 0.2) is 71.9 Å². The molecule has 162 valence electrons. The topological polar surface area (TPSA) is 97.8 Å². The highest BCUT2D eigenvalue weighted by Gasteiger charge is 2.30. The molecule has 31 heavy (non-hydrogen) atoms. The van der Waals surface area contributed by atoms with Crippen molar-refractivity contribution in [1.82, 2.24) is 4.98 Å². The lowest BCUT2D eigenvalue weighted by Gasteiger charge is -2.26. The molecule has 0 radical (unpaired) electrons. The number of methoxy groups -OCH3 is 2. The molecule has 0 aliphatic heterocycles. The van der Waals surface area contributed by atoms with Crippen molar-refractivity contribution in [2.75, 3.05) is 30.4 Å². The number of carbonyl (C=O) groups is 1. The largest absolute Gasteiger partial charge is 0.497 e. The standard InChI is InChI=1S/C21H20ClN3O5S/c1-29-17-8-9-20(30-2)19(11-17)25(31(27,28)18-6-4-3-5-7-18)14-21(26)24-16-10-15(22)12-23-13-16/h3-13H,14H2,1-2H3,(H,24,26). The number of halogens is 1. The fraction of sp³-hybridized carbons (Fsp3) is 0.143. The number of anilines is 2. The zero-order valence-corrected chi connectivity index (χ0v) is 18.4. The number of carbonyl (C=O) groups excluding carboxylic acids is 1. The van der Waals surface area contributed by atoms with Crippen molar-refractivity contribution in [3.8, 4) is 11.5 Å². The zero-order valence-electron chi connectivity index (χ0n) is 16.8. The van der Waals surface area contributed by atoms with Gasteiger partial charge in [0.2, 0.25) is 5.91 Å². The Balaban J connectivity index is 2.04. The van der Waals surface area contributed by atoms with Gasteiger partial charge in [0.1, 0.15) is 18.0 Å². The molecule has 0 unspecified atom stereocenters. The van der Waals surface area contributed by atoms with Crippen LogP contribution < -0.4 is 19.1 Å². The van der Waals surface area contributed by atoms with Crippen LogP contribution in [0.5, 0.6) is 11.5 Å². The summed E-state index contributed by atoms with van der Waals surface area (Å²) in [6, 6.07) is 14.0. The molecule has 1 heterocycles. The normalized spacial score (nSPS) is 10.9. The van der Waals surface area contributed by atoms with Gasteiger partial charge < -0.3 is 14.8 Å². The van der Waals surface area contributed by atoms with E-state index < -0.39 is 22.5 Å². The number of nitrogens with one attached hydrogen (secondary N) is 1. The average molecular weight is 462 g/mol. The summed E-state index contributed by atoms with van der Waals surface area (Å²) in [7, 11) is -1.24. The number of hydrogen-bond donors (Lipinski definition) is 1. The molecule has 0 saturated carbocycles. The van der Waals surface area contributed by atoms with E-state index in [1.165, 1.54) is 50.9 Å². The smallest absolute Gasteiger partial charge is 0.264 e. The molecule has 0 aliphatic carbocycles. The van der Waals surface area contributed by atoms with Gasteiger partial charge in [0, 0.05) is 12.3 Å². The Labute approximate surface area is 185 Å². The van der Waals surface area contributed by atoms with Gasteiger partial charge in [-0.05, 0) is 30.3 Å². The lowest BCUT2D eigenvalue weighted by Crippen LogP contribution is -2.38. The number of sulfonamides is 1. The number of amides is 1. The minimum Gasteiger partial charge on any atom is -0.497 e. The van der Waals surface area contributed by atoms with Crippen molar-refractivity contribution in [2.45, 2.75) is 4.90 Å². The van der Waals surface area contributed by atoms with Crippen LogP contribution in [-0.2, 0) is 14.8 Å². The van der Waals surface area contributed by atoms with E-state index in [0.717, 1.165) is 4.31 Å². The Morgan fingerprint density at radius 3 is 2.45 bits per heavy atom. The average Bonchev–Trinajstić information content (AvgIpc) is 2.77. The SMILES string of the molecule is COc1ccc(OC)c(N(CC(=O)Nc2cncc(Cl)c2)S(=O)(=O)c2ccccc2)c1. The Morgan fingerprint density at radius 1 is 1.06 bits per heavy atom. The van der Waals surface area contributed by atoms with E-state index in [4.69, 9.17) is 21.1 Å². The number of hydrogen-bond acceptors (Lipinski definition) is 6. The summed E-state index contributed by atoms with van der Waals surface area (Å²) in [5, 5.41) is 2.94. The first-order chi connectivity index (χ1) is 14.8. The van der Waals surface area contributed by atoms with E-state index in [9.17, 15) is 13.2 Å². The maximum absolute atomic E-state index is 13.5. The fourth-order valence-electron chi connectivity index (χ4n) is 2.82. The van der Waals surface area contributed by atoms with Crippen LogP contribution >= 0.6 is 11.6 Å². The van der Waals surface area contributed by atoms with Crippen LogP contribution in [0.2, 0.25) is 5.02 Å². The van der Waals surface area contributed by atoms with Crippen LogP contribution in [0.25, 0.3) is 0 Å². The van der Waals surface area contributed by atoms with E-state index >= 15 is 0 Å². The third-order valence-electron chi connectivity index (χ3n) is 4.26. The highest BCUT2D eigenvalue weighted by Crippen LogP contribution is 2.35. The van der Waals surface area contributed by atoms with Crippen molar-refractivity contribution in [2.24, 2.45) is 0 Å². The summed E-state index contributed by atoms with van der Waals surface area (Å²) < 4.78 is 38.5. The Bertz CT molecular complexity index is 1170. The van der Waals surface area contributed by atoms with Crippen molar-refractivity contribution in [3.05, 3.63) is 72.0 Å². The summed E-state index contributed by atoms with van der Waals surface area (Å²) in [6.07, 6.45) is 2.83. The van der Waals surface area contributed by atoms with Gasteiger partial charge in [-0.15, -0.1) is 0 Å². The van der Waals surface area contributed by atoms with Crippen molar-refractivity contribution >= 4 is 38.9 Å². The first kappa shape index (κ1) is 22.4. The first-order valence-corrected chi connectivity index (χ1v) is 10.9. The molecule has 3 rings (SSSR count). The lowest BCUT2D eigenvalue weighted by atomic mass is 10.2. The second kappa shape index (κ2) is 9.67. The molecule has 0 spiro atoms. The van der Waals surface area contributed by atoms with E-state index in [-0.39, 0.29) is 16.3 Å². The maximum atomic E-state index is 13.5. The van der Waals surface area contributed by atoms with Gasteiger partial charge in [0.05, 0.1) is 41.7 Å². The highest BCUT2D eigenvalue weighted by atomic mass is 35.5. The first-order valence-electron chi connectivity index (χ1n) is 9.05. The van der Waals surface area contributed by atoms with Crippen LogP contribution in [-0.4, -0.2) is 40.1 Å². The molecule has 0 atom stereocenters. The van der Waals surface area contributed by atoms with Gasteiger partial charge in [-0.25, -0.2) is 8.42 Å². The van der Waals surface area contributed by atoms with Gasteiger partial charge in [0.15, 0.2) is 0 Å². The molecule has 0 saturated heterocycles. The lowest BCUT2D eigenvalue weighted by molar-refractivity contribution is -0.114. The number of benzene rings is 2. The number of rotatable bonds is 8. The molecule has 2 aromatic carbocycles. The van der Waals surface area contributed by atoms with Gasteiger partial charge in [0.25, 0.3) is 10.0 Å². The third-order valence-corrected chi connectivity index (χ3v) is 6.24. The second-order valence-electron chi connectivity index (χ2n) is 6.30. The molecule has 1 N–H and O–H groups in total. The van der Waals surface area contributed by atoms with Gasteiger partial charge >= 0.3 is 0 Å². The Kier molecular flexibility index (Phi) is 6.98. The van der Waals surface area contributed by atoms with Crippen LogP contribution in [0.1, 0.15) is 0 Å². The number of ether oxygens (including phenoxy) is 2. The zero-order chi connectivity index (χ0) is 22.4. The van der Waals surface area contributed by atoms with E-state index in [0.29, 0.717) is 16.5 Å². The highest BCUT2D eigenvalue weighted by molar-refractivity contribution is 7.92. The Morgan fingerprint density at radius 2 is 1.81 bits per heavy atom. The quantitative estimate of drug-likeness (QED) is 0.550. The predicted molar refractivity (Wildman–Crippen MR) is 118 cm³/mol. The number of pyridine rings is 1. The molecule has 1 aromatic heterocycles. The molecular weight excluding hydrogens is 442 g/mol. The molecule has 1 amide bonds. The molecular formula is C21H20ClN3O5S. The van der Waals surface area contributed by atoms with E-state index in [2.05, 4.69) is 10.3 Å². The van der Waals surface area contributed by atoms with Crippen molar-refractivity contribution in [3.63, 3.8) is 0 Å². The summed E-state index contributed by atoms with van der Waals surface area (Å²) >= 11 is 5.90. The molecule has 0 bridgehead atoms.